The minimum absolute atomic E-state index is 0.0172. The minimum atomic E-state index is 0.0172. The maximum atomic E-state index is 12.1. The van der Waals surface area contributed by atoms with Gasteiger partial charge in [0, 0.05) is 10.6 Å². The Morgan fingerprint density at radius 2 is 1.77 bits per heavy atom. The highest BCUT2D eigenvalue weighted by atomic mass is 35.5. The Balaban J connectivity index is 1.82. The molecule has 1 amide bonds. The number of rotatable bonds is 6. The second-order valence-electron chi connectivity index (χ2n) is 5.48. The lowest BCUT2D eigenvalue weighted by Gasteiger charge is -2.15. The molecule has 3 N–H and O–H groups in total. The Labute approximate surface area is 136 Å². The van der Waals surface area contributed by atoms with Crippen molar-refractivity contribution in [3.8, 4) is 0 Å². The standard InChI is InChI=1S/C18H21ClN2O/c1-13(16-9-6-10-17(19)11-16)20-12-18(22)21-14(2)15-7-4-3-5-8-15/h3-11,13-14,20H,12H2,1-2H3,(H,21,22)/p+1/t13-,14-/m0/s1. The van der Waals surface area contributed by atoms with Crippen molar-refractivity contribution in [1.29, 1.82) is 0 Å². The molecule has 0 aliphatic carbocycles. The number of carbonyl (C=O) groups excluding carboxylic acids is 1. The number of hydrogen-bond acceptors (Lipinski definition) is 1. The molecule has 4 heteroatoms. The molecule has 3 nitrogen and oxygen atoms in total. The van der Waals surface area contributed by atoms with Gasteiger partial charge < -0.3 is 10.6 Å². The molecular weight excluding hydrogens is 296 g/mol. The van der Waals surface area contributed by atoms with E-state index in [4.69, 9.17) is 11.6 Å². The molecule has 0 aliphatic heterocycles. The van der Waals surface area contributed by atoms with Crippen LogP contribution >= 0.6 is 11.6 Å². The molecule has 0 heterocycles. The van der Waals surface area contributed by atoms with Crippen molar-refractivity contribution >= 4 is 17.5 Å². The van der Waals surface area contributed by atoms with E-state index in [0.717, 1.165) is 16.1 Å². The molecule has 0 spiro atoms. The van der Waals surface area contributed by atoms with E-state index in [9.17, 15) is 4.79 Å². The number of quaternary nitrogens is 1. The van der Waals surface area contributed by atoms with Crippen molar-refractivity contribution in [2.24, 2.45) is 0 Å². The zero-order valence-electron chi connectivity index (χ0n) is 12.9. The summed E-state index contributed by atoms with van der Waals surface area (Å²) < 4.78 is 0. The van der Waals surface area contributed by atoms with Crippen LogP contribution in [0, 0.1) is 0 Å². The van der Waals surface area contributed by atoms with Gasteiger partial charge in [-0.2, -0.15) is 0 Å². The van der Waals surface area contributed by atoms with Crippen molar-refractivity contribution in [3.63, 3.8) is 0 Å². The second-order valence-corrected chi connectivity index (χ2v) is 5.92. The Kier molecular flexibility index (Phi) is 5.99. The lowest BCUT2D eigenvalue weighted by Crippen LogP contribution is -2.87. The fourth-order valence-corrected chi connectivity index (χ4v) is 2.53. The summed E-state index contributed by atoms with van der Waals surface area (Å²) in [6, 6.07) is 17.9. The van der Waals surface area contributed by atoms with Gasteiger partial charge in [0.1, 0.15) is 6.04 Å². The molecule has 2 atom stereocenters. The van der Waals surface area contributed by atoms with Crippen LogP contribution in [0.25, 0.3) is 0 Å². The first-order valence-corrected chi connectivity index (χ1v) is 7.87. The van der Waals surface area contributed by atoms with Gasteiger partial charge in [-0.25, -0.2) is 0 Å². The molecule has 0 aromatic heterocycles. The minimum Gasteiger partial charge on any atom is -0.345 e. The van der Waals surface area contributed by atoms with Crippen molar-refractivity contribution in [2.75, 3.05) is 6.54 Å². The molecule has 0 fully saturated rings. The summed E-state index contributed by atoms with van der Waals surface area (Å²) in [4.78, 5) is 12.1. The van der Waals surface area contributed by atoms with Gasteiger partial charge in [-0.1, -0.05) is 54.1 Å². The molecule has 116 valence electrons. The normalized spacial score (nSPS) is 13.4. The zero-order valence-corrected chi connectivity index (χ0v) is 13.7. The van der Waals surface area contributed by atoms with Crippen molar-refractivity contribution in [3.05, 3.63) is 70.7 Å². The quantitative estimate of drug-likeness (QED) is 0.845. The summed E-state index contributed by atoms with van der Waals surface area (Å²) in [6.07, 6.45) is 0. The van der Waals surface area contributed by atoms with Gasteiger partial charge in [-0.15, -0.1) is 0 Å². The number of hydrogen-bond donors (Lipinski definition) is 2. The number of benzene rings is 2. The predicted octanol–water partition coefficient (Wildman–Crippen LogP) is 2.84. The third kappa shape index (κ3) is 4.86. The van der Waals surface area contributed by atoms with Crippen LogP contribution in [0.2, 0.25) is 5.02 Å². The van der Waals surface area contributed by atoms with Crippen LogP contribution in [0.5, 0.6) is 0 Å². The van der Waals surface area contributed by atoms with E-state index >= 15 is 0 Å². The Hall–Kier alpha value is -1.84. The maximum Gasteiger partial charge on any atom is 0.275 e. The molecule has 0 aliphatic rings. The summed E-state index contributed by atoms with van der Waals surface area (Å²) in [5.41, 5.74) is 2.23. The smallest absolute Gasteiger partial charge is 0.275 e. The Morgan fingerprint density at radius 1 is 1.09 bits per heavy atom. The van der Waals surface area contributed by atoms with Crippen LogP contribution < -0.4 is 10.6 Å². The number of halogens is 1. The van der Waals surface area contributed by atoms with E-state index in [0.29, 0.717) is 6.54 Å². The highest BCUT2D eigenvalue weighted by Gasteiger charge is 2.14. The van der Waals surface area contributed by atoms with Gasteiger partial charge in [0.2, 0.25) is 0 Å². The SMILES string of the molecule is C[C@H](NC(=O)C[NH2+][C@@H](C)c1cccc(Cl)c1)c1ccccc1. The maximum absolute atomic E-state index is 12.1. The average molecular weight is 318 g/mol. The van der Waals surface area contributed by atoms with Crippen LogP contribution in [-0.4, -0.2) is 12.5 Å². The number of nitrogens with two attached hydrogens (primary N) is 1. The van der Waals surface area contributed by atoms with Gasteiger partial charge in [0.15, 0.2) is 6.54 Å². The van der Waals surface area contributed by atoms with Gasteiger partial charge in [-0.3, -0.25) is 4.79 Å². The van der Waals surface area contributed by atoms with E-state index in [1.54, 1.807) is 0 Å². The molecular formula is C18H22ClN2O+. The first-order chi connectivity index (χ1) is 10.6. The largest absolute Gasteiger partial charge is 0.345 e. The predicted molar refractivity (Wildman–Crippen MR) is 89.7 cm³/mol. The monoisotopic (exact) mass is 317 g/mol. The summed E-state index contributed by atoms with van der Waals surface area (Å²) in [7, 11) is 0. The second kappa shape index (κ2) is 7.97. The Bertz CT molecular complexity index is 615. The van der Waals surface area contributed by atoms with Crippen LogP contribution in [0.15, 0.2) is 54.6 Å². The first-order valence-electron chi connectivity index (χ1n) is 7.49. The average Bonchev–Trinajstić information content (AvgIpc) is 2.53. The third-order valence-electron chi connectivity index (χ3n) is 3.71. The van der Waals surface area contributed by atoms with Gasteiger partial charge in [0.05, 0.1) is 6.04 Å². The zero-order chi connectivity index (χ0) is 15.9. The van der Waals surface area contributed by atoms with E-state index in [1.165, 1.54) is 0 Å². The van der Waals surface area contributed by atoms with Crippen LogP contribution in [0.3, 0.4) is 0 Å². The van der Waals surface area contributed by atoms with E-state index in [2.05, 4.69) is 12.2 Å². The Morgan fingerprint density at radius 3 is 2.45 bits per heavy atom. The van der Waals surface area contributed by atoms with Crippen molar-refractivity contribution in [1.82, 2.24) is 5.32 Å². The molecule has 0 saturated heterocycles. The van der Waals surface area contributed by atoms with Gasteiger partial charge >= 0.3 is 0 Å². The highest BCUT2D eigenvalue weighted by molar-refractivity contribution is 6.30. The molecule has 2 aromatic carbocycles. The molecule has 0 bridgehead atoms. The number of carbonyl (C=O) groups is 1. The van der Waals surface area contributed by atoms with Crippen molar-refractivity contribution < 1.29 is 10.1 Å². The van der Waals surface area contributed by atoms with Gasteiger partial charge in [0.25, 0.3) is 5.91 Å². The molecule has 0 radical (unpaired) electrons. The van der Waals surface area contributed by atoms with E-state index < -0.39 is 0 Å². The third-order valence-corrected chi connectivity index (χ3v) is 3.94. The summed E-state index contributed by atoms with van der Waals surface area (Å²) in [6.45, 7) is 4.46. The molecule has 22 heavy (non-hydrogen) atoms. The molecule has 0 saturated carbocycles. The van der Waals surface area contributed by atoms with E-state index in [1.807, 2.05) is 66.8 Å². The lowest BCUT2D eigenvalue weighted by atomic mass is 10.1. The molecule has 0 unspecified atom stereocenters. The number of amides is 1. The summed E-state index contributed by atoms with van der Waals surface area (Å²) in [5, 5.41) is 5.75. The topological polar surface area (TPSA) is 45.7 Å². The fraction of sp³-hybridized carbons (Fsp3) is 0.278. The summed E-state index contributed by atoms with van der Waals surface area (Å²) in [5.74, 6) is 0.0326. The molecule has 2 aromatic rings. The van der Waals surface area contributed by atoms with E-state index in [-0.39, 0.29) is 18.0 Å². The van der Waals surface area contributed by atoms with Crippen LogP contribution in [-0.2, 0) is 4.79 Å². The highest BCUT2D eigenvalue weighted by Crippen LogP contribution is 2.14. The lowest BCUT2D eigenvalue weighted by molar-refractivity contribution is -0.682. The number of nitrogens with one attached hydrogen (secondary N) is 1. The van der Waals surface area contributed by atoms with Crippen LogP contribution in [0.1, 0.15) is 37.1 Å². The van der Waals surface area contributed by atoms with Gasteiger partial charge in [-0.05, 0) is 31.5 Å². The van der Waals surface area contributed by atoms with Crippen molar-refractivity contribution in [2.45, 2.75) is 25.9 Å². The van der Waals surface area contributed by atoms with Crippen LogP contribution in [0.4, 0.5) is 0 Å². The molecule has 2 rings (SSSR count). The summed E-state index contributed by atoms with van der Waals surface area (Å²) >= 11 is 6.00. The fourth-order valence-electron chi connectivity index (χ4n) is 2.34. The first kappa shape index (κ1) is 16.5.